The predicted molar refractivity (Wildman–Crippen MR) is 122 cm³/mol. The fourth-order valence-electron chi connectivity index (χ4n) is 4.03. The molecule has 0 aliphatic carbocycles. The van der Waals surface area contributed by atoms with Crippen LogP contribution in [0.15, 0.2) is 48.5 Å². The number of benzene rings is 2. The number of hydrogen-bond acceptors (Lipinski definition) is 5. The lowest BCUT2D eigenvalue weighted by molar-refractivity contribution is -0.384. The predicted octanol–water partition coefficient (Wildman–Crippen LogP) is 4.21. The van der Waals surface area contributed by atoms with Gasteiger partial charge in [0.05, 0.1) is 4.92 Å². The summed E-state index contributed by atoms with van der Waals surface area (Å²) in [6, 6.07) is 15.2. The third-order valence-corrected chi connectivity index (χ3v) is 5.71. The topological polar surface area (TPSA) is 84.7 Å². The van der Waals surface area contributed by atoms with E-state index in [2.05, 4.69) is 34.5 Å². The van der Waals surface area contributed by atoms with Gasteiger partial charge in [-0.25, -0.2) is 0 Å². The average Bonchev–Trinajstić information content (AvgIpc) is 2.79. The lowest BCUT2D eigenvalue weighted by Crippen LogP contribution is -2.34. The minimum absolute atomic E-state index is 0.0107. The lowest BCUT2D eigenvalue weighted by atomic mass is 9.90. The molecule has 0 atom stereocenters. The van der Waals surface area contributed by atoms with Gasteiger partial charge in [-0.15, -0.1) is 0 Å². The van der Waals surface area contributed by atoms with Gasteiger partial charge in [-0.3, -0.25) is 14.9 Å². The van der Waals surface area contributed by atoms with E-state index in [1.54, 1.807) is 12.1 Å². The molecule has 0 bridgehead atoms. The van der Waals surface area contributed by atoms with Crippen LogP contribution in [0.1, 0.15) is 42.1 Å². The number of ether oxygens (including phenoxy) is 1. The first-order valence-corrected chi connectivity index (χ1v) is 11.0. The summed E-state index contributed by atoms with van der Waals surface area (Å²) in [6.07, 6.45) is 3.74. The number of rotatable bonds is 10. The molecule has 0 spiro atoms. The number of carbonyl (C=O) groups excluding carboxylic acids is 1. The summed E-state index contributed by atoms with van der Waals surface area (Å²) in [4.78, 5) is 25.8. The SMILES string of the molecule is CCOCCCNC(=O)c1ccc(N2CCC(Cc3ccccc3)CC2)c([N+](=O)[O-])c1. The van der Waals surface area contributed by atoms with E-state index in [1.165, 1.54) is 11.6 Å². The molecular formula is C24H31N3O4. The average molecular weight is 426 g/mol. The Kier molecular flexibility index (Phi) is 8.41. The van der Waals surface area contributed by atoms with Gasteiger partial charge in [0, 0.05) is 44.5 Å². The van der Waals surface area contributed by atoms with Gasteiger partial charge in [-0.05, 0) is 56.2 Å². The zero-order valence-electron chi connectivity index (χ0n) is 18.1. The lowest BCUT2D eigenvalue weighted by Gasteiger charge is -2.33. The van der Waals surface area contributed by atoms with Gasteiger partial charge in [-0.1, -0.05) is 30.3 Å². The molecule has 7 heteroatoms. The third kappa shape index (κ3) is 6.52. The summed E-state index contributed by atoms with van der Waals surface area (Å²) in [6.45, 7) is 5.18. The zero-order chi connectivity index (χ0) is 22.1. The van der Waals surface area contributed by atoms with Gasteiger partial charge in [-0.2, -0.15) is 0 Å². The first-order chi connectivity index (χ1) is 15.1. The van der Waals surface area contributed by atoms with Crippen molar-refractivity contribution in [3.63, 3.8) is 0 Å². The van der Waals surface area contributed by atoms with E-state index >= 15 is 0 Å². The Morgan fingerprint density at radius 2 is 1.94 bits per heavy atom. The molecule has 166 valence electrons. The van der Waals surface area contributed by atoms with Crippen LogP contribution in [-0.4, -0.2) is 43.7 Å². The summed E-state index contributed by atoms with van der Waals surface area (Å²) < 4.78 is 5.25. The van der Waals surface area contributed by atoms with Crippen molar-refractivity contribution in [1.82, 2.24) is 5.32 Å². The van der Waals surface area contributed by atoms with Gasteiger partial charge in [0.15, 0.2) is 0 Å². The Labute approximate surface area is 183 Å². The number of nitro benzene ring substituents is 1. The summed E-state index contributed by atoms with van der Waals surface area (Å²) in [5, 5.41) is 14.5. The quantitative estimate of drug-likeness (QED) is 0.350. The first-order valence-electron chi connectivity index (χ1n) is 11.0. The molecule has 0 radical (unpaired) electrons. The molecular weight excluding hydrogens is 394 g/mol. The monoisotopic (exact) mass is 425 g/mol. The number of amides is 1. The van der Waals surface area contributed by atoms with E-state index in [0.29, 0.717) is 43.3 Å². The van der Waals surface area contributed by atoms with Crippen LogP contribution in [-0.2, 0) is 11.2 Å². The summed E-state index contributed by atoms with van der Waals surface area (Å²) in [5.74, 6) is 0.284. The molecule has 1 amide bonds. The first kappa shape index (κ1) is 22.7. The van der Waals surface area contributed by atoms with Crippen LogP contribution in [0.3, 0.4) is 0 Å². The van der Waals surface area contributed by atoms with Crippen molar-refractivity contribution in [1.29, 1.82) is 0 Å². The minimum atomic E-state index is -0.392. The number of piperidine rings is 1. The fourth-order valence-corrected chi connectivity index (χ4v) is 4.03. The second-order valence-electron chi connectivity index (χ2n) is 7.89. The number of carbonyl (C=O) groups is 1. The zero-order valence-corrected chi connectivity index (χ0v) is 18.1. The number of nitro groups is 1. The van der Waals surface area contributed by atoms with Crippen molar-refractivity contribution in [3.8, 4) is 0 Å². The highest BCUT2D eigenvalue weighted by atomic mass is 16.6. The summed E-state index contributed by atoms with van der Waals surface area (Å²) >= 11 is 0. The van der Waals surface area contributed by atoms with Crippen molar-refractivity contribution in [3.05, 3.63) is 69.8 Å². The van der Waals surface area contributed by atoms with Crippen LogP contribution in [0.2, 0.25) is 0 Å². The highest BCUT2D eigenvalue weighted by Gasteiger charge is 2.26. The highest BCUT2D eigenvalue weighted by Crippen LogP contribution is 2.33. The smallest absolute Gasteiger partial charge is 0.293 e. The van der Waals surface area contributed by atoms with Crippen LogP contribution < -0.4 is 10.2 Å². The molecule has 0 saturated carbocycles. The van der Waals surface area contributed by atoms with Gasteiger partial charge < -0.3 is 15.0 Å². The molecule has 2 aromatic rings. The number of hydrogen-bond donors (Lipinski definition) is 1. The highest BCUT2D eigenvalue weighted by molar-refractivity contribution is 5.95. The van der Waals surface area contributed by atoms with Gasteiger partial charge in [0.25, 0.3) is 11.6 Å². The number of anilines is 1. The molecule has 1 N–H and O–H groups in total. The second kappa shape index (κ2) is 11.5. The molecule has 2 aromatic carbocycles. The molecule has 0 aromatic heterocycles. The summed E-state index contributed by atoms with van der Waals surface area (Å²) in [7, 11) is 0. The molecule has 3 rings (SSSR count). The maximum absolute atomic E-state index is 12.4. The second-order valence-corrected chi connectivity index (χ2v) is 7.89. The Morgan fingerprint density at radius 3 is 2.61 bits per heavy atom. The van der Waals surface area contributed by atoms with Crippen molar-refractivity contribution < 1.29 is 14.5 Å². The van der Waals surface area contributed by atoms with E-state index in [1.807, 2.05) is 13.0 Å². The normalized spacial score (nSPS) is 14.4. The third-order valence-electron chi connectivity index (χ3n) is 5.71. The van der Waals surface area contributed by atoms with Crippen LogP contribution in [0.4, 0.5) is 11.4 Å². The van der Waals surface area contributed by atoms with Gasteiger partial charge in [0.2, 0.25) is 0 Å². The molecule has 1 aliphatic heterocycles. The molecule has 31 heavy (non-hydrogen) atoms. The Morgan fingerprint density at radius 1 is 1.19 bits per heavy atom. The number of nitrogens with one attached hydrogen (secondary N) is 1. The van der Waals surface area contributed by atoms with E-state index in [9.17, 15) is 14.9 Å². The minimum Gasteiger partial charge on any atom is -0.382 e. The van der Waals surface area contributed by atoms with Gasteiger partial charge in [0.1, 0.15) is 5.69 Å². The van der Waals surface area contributed by atoms with Crippen molar-refractivity contribution in [2.24, 2.45) is 5.92 Å². The van der Waals surface area contributed by atoms with E-state index in [4.69, 9.17) is 4.74 Å². The van der Waals surface area contributed by atoms with Crippen LogP contribution in [0, 0.1) is 16.0 Å². The van der Waals surface area contributed by atoms with Crippen LogP contribution >= 0.6 is 0 Å². The van der Waals surface area contributed by atoms with Gasteiger partial charge >= 0.3 is 0 Å². The molecule has 1 saturated heterocycles. The van der Waals surface area contributed by atoms with Crippen molar-refractivity contribution in [2.75, 3.05) is 37.7 Å². The molecule has 1 fully saturated rings. The standard InChI is InChI=1S/C24H31N3O4/c1-2-31-16-6-13-25-24(28)21-9-10-22(23(18-21)27(29)30)26-14-11-20(12-15-26)17-19-7-4-3-5-8-19/h3-5,7-10,18,20H,2,6,11-17H2,1H3,(H,25,28). The fraction of sp³-hybridized carbons (Fsp3) is 0.458. The number of nitrogens with zero attached hydrogens (tertiary/aromatic N) is 2. The Bertz CT molecular complexity index is 864. The van der Waals surface area contributed by atoms with Crippen molar-refractivity contribution >= 4 is 17.3 Å². The largest absolute Gasteiger partial charge is 0.382 e. The molecule has 0 unspecified atom stereocenters. The maximum Gasteiger partial charge on any atom is 0.293 e. The van der Waals surface area contributed by atoms with Crippen molar-refractivity contribution in [2.45, 2.75) is 32.6 Å². The Balaban J connectivity index is 1.60. The van der Waals surface area contributed by atoms with E-state index in [0.717, 1.165) is 32.4 Å². The van der Waals surface area contributed by atoms with Crippen LogP contribution in [0.5, 0.6) is 0 Å². The molecule has 1 heterocycles. The van der Waals surface area contributed by atoms with E-state index in [-0.39, 0.29) is 11.6 Å². The van der Waals surface area contributed by atoms with Crippen LogP contribution in [0.25, 0.3) is 0 Å². The maximum atomic E-state index is 12.4. The summed E-state index contributed by atoms with van der Waals surface area (Å²) in [5.41, 5.74) is 2.23. The Hall–Kier alpha value is -2.93. The van der Waals surface area contributed by atoms with E-state index < -0.39 is 4.92 Å². The molecule has 7 nitrogen and oxygen atoms in total. The molecule has 1 aliphatic rings.